The van der Waals surface area contributed by atoms with Crippen LogP contribution in [0.4, 0.5) is 5.69 Å². The van der Waals surface area contributed by atoms with Crippen molar-refractivity contribution in [2.45, 2.75) is 6.54 Å². The normalized spacial score (nSPS) is 10.9. The van der Waals surface area contributed by atoms with E-state index < -0.39 is 0 Å². The first-order valence-corrected chi connectivity index (χ1v) is 8.77. The number of carbonyl (C=O) groups excluding carboxylic acids is 1. The van der Waals surface area contributed by atoms with Crippen LogP contribution in [0.2, 0.25) is 0 Å². The molecule has 0 aliphatic rings. The molecule has 5 nitrogen and oxygen atoms in total. The van der Waals surface area contributed by atoms with Crippen LogP contribution in [-0.4, -0.2) is 20.4 Å². The number of para-hydroxylation sites is 1. The van der Waals surface area contributed by atoms with E-state index in [9.17, 15) is 4.79 Å². The third-order valence-electron chi connectivity index (χ3n) is 4.11. The van der Waals surface area contributed by atoms with Crippen LogP contribution in [0, 0.1) is 0 Å². The smallest absolute Gasteiger partial charge is 0.258 e. The van der Waals surface area contributed by atoms with Crippen molar-refractivity contribution in [2.75, 3.05) is 4.90 Å². The third-order valence-corrected chi connectivity index (χ3v) is 4.90. The van der Waals surface area contributed by atoms with Gasteiger partial charge < -0.3 is 9.47 Å². The lowest BCUT2D eigenvalue weighted by molar-refractivity contribution is 0.0984. The van der Waals surface area contributed by atoms with E-state index >= 15 is 0 Å². The minimum atomic E-state index is -0.0514. The maximum absolute atomic E-state index is 13.2. The summed E-state index contributed by atoms with van der Waals surface area (Å²) in [6.45, 7) is 0.410. The number of aromatic nitrogens is 3. The Bertz CT molecular complexity index is 1020. The molecule has 0 fully saturated rings. The molecule has 4 rings (SSSR count). The number of hydrogen-bond donors (Lipinski definition) is 0. The van der Waals surface area contributed by atoms with Crippen LogP contribution in [-0.2, 0) is 13.6 Å². The highest BCUT2D eigenvalue weighted by molar-refractivity contribution is 7.16. The summed E-state index contributed by atoms with van der Waals surface area (Å²) in [6, 6.07) is 15.3. The van der Waals surface area contributed by atoms with Crippen LogP contribution in [0.25, 0.3) is 10.2 Å². The Labute approximate surface area is 149 Å². The first-order chi connectivity index (χ1) is 12.2. The second-order valence-corrected chi connectivity index (χ2v) is 6.60. The van der Waals surface area contributed by atoms with Crippen molar-refractivity contribution < 1.29 is 4.79 Å². The van der Waals surface area contributed by atoms with Crippen LogP contribution in [0.3, 0.4) is 0 Å². The number of rotatable bonds is 4. The van der Waals surface area contributed by atoms with Gasteiger partial charge in [-0.25, -0.2) is 9.97 Å². The summed E-state index contributed by atoms with van der Waals surface area (Å²) in [5, 5.41) is 0. The summed E-state index contributed by atoms with van der Waals surface area (Å²) in [4.78, 5) is 23.6. The maximum atomic E-state index is 13.2. The molecule has 124 valence electrons. The fourth-order valence-corrected chi connectivity index (χ4v) is 3.44. The Balaban J connectivity index is 1.73. The monoisotopic (exact) mass is 348 g/mol. The molecule has 25 heavy (non-hydrogen) atoms. The van der Waals surface area contributed by atoms with Gasteiger partial charge in [-0.3, -0.25) is 4.79 Å². The Morgan fingerprint density at radius 3 is 2.76 bits per heavy atom. The standard InChI is InChI=1S/C19H16N4OS/c1-22-10-9-20-18(22)12-23(15-5-3-2-4-6-15)19(24)14-7-8-16-17(11-14)25-13-21-16/h2-11,13H,12H2,1H3. The number of benzene rings is 2. The summed E-state index contributed by atoms with van der Waals surface area (Å²) in [7, 11) is 1.93. The highest BCUT2D eigenvalue weighted by atomic mass is 32.1. The fraction of sp³-hybridized carbons (Fsp3) is 0.105. The lowest BCUT2D eigenvalue weighted by atomic mass is 10.1. The second-order valence-electron chi connectivity index (χ2n) is 5.72. The zero-order chi connectivity index (χ0) is 17.2. The third kappa shape index (κ3) is 3.04. The molecule has 0 saturated heterocycles. The van der Waals surface area contributed by atoms with Crippen molar-refractivity contribution >= 4 is 33.1 Å². The van der Waals surface area contributed by atoms with Gasteiger partial charge in [0, 0.05) is 30.7 Å². The molecule has 0 saturated carbocycles. The van der Waals surface area contributed by atoms with Crippen LogP contribution in [0.1, 0.15) is 16.2 Å². The van der Waals surface area contributed by atoms with Crippen molar-refractivity contribution in [1.29, 1.82) is 0 Å². The average molecular weight is 348 g/mol. The molecule has 0 aliphatic heterocycles. The van der Waals surface area contributed by atoms with Gasteiger partial charge in [-0.05, 0) is 30.3 Å². The molecule has 0 unspecified atom stereocenters. The van der Waals surface area contributed by atoms with Gasteiger partial charge in [-0.15, -0.1) is 11.3 Å². The highest BCUT2D eigenvalue weighted by Crippen LogP contribution is 2.23. The number of carbonyl (C=O) groups is 1. The number of hydrogen-bond acceptors (Lipinski definition) is 4. The van der Waals surface area contributed by atoms with Gasteiger partial charge in [0.05, 0.1) is 22.3 Å². The molecular formula is C19H16N4OS. The van der Waals surface area contributed by atoms with Gasteiger partial charge >= 0.3 is 0 Å². The van der Waals surface area contributed by atoms with Crippen LogP contribution in [0.5, 0.6) is 0 Å². The minimum absolute atomic E-state index is 0.0514. The number of nitrogens with zero attached hydrogens (tertiary/aromatic N) is 4. The maximum Gasteiger partial charge on any atom is 0.258 e. The first-order valence-electron chi connectivity index (χ1n) is 7.89. The molecule has 0 N–H and O–H groups in total. The van der Waals surface area contributed by atoms with Crippen molar-refractivity contribution in [1.82, 2.24) is 14.5 Å². The zero-order valence-electron chi connectivity index (χ0n) is 13.7. The van der Waals surface area contributed by atoms with E-state index in [2.05, 4.69) is 9.97 Å². The predicted molar refractivity (Wildman–Crippen MR) is 99.8 cm³/mol. The molecule has 0 atom stereocenters. The first kappa shape index (κ1) is 15.5. The van der Waals surface area contributed by atoms with E-state index in [1.54, 1.807) is 16.6 Å². The lowest BCUT2D eigenvalue weighted by Gasteiger charge is -2.22. The van der Waals surface area contributed by atoms with E-state index in [0.29, 0.717) is 12.1 Å². The average Bonchev–Trinajstić information content (AvgIpc) is 3.28. The lowest BCUT2D eigenvalue weighted by Crippen LogP contribution is -2.31. The summed E-state index contributed by atoms with van der Waals surface area (Å²) < 4.78 is 2.94. The largest absolute Gasteiger partial charge is 0.337 e. The topological polar surface area (TPSA) is 51.0 Å². The number of imidazole rings is 1. The summed E-state index contributed by atoms with van der Waals surface area (Å²) in [5.74, 6) is 0.778. The van der Waals surface area contributed by atoms with Crippen molar-refractivity contribution in [3.8, 4) is 0 Å². The molecule has 0 bridgehead atoms. The minimum Gasteiger partial charge on any atom is -0.337 e. The molecular weight excluding hydrogens is 332 g/mol. The van der Waals surface area contributed by atoms with Gasteiger partial charge in [-0.1, -0.05) is 18.2 Å². The Morgan fingerprint density at radius 1 is 1.16 bits per heavy atom. The fourth-order valence-electron chi connectivity index (χ4n) is 2.72. The number of fused-ring (bicyclic) bond motifs is 1. The number of amides is 1. The number of aryl methyl sites for hydroxylation is 1. The number of thiazole rings is 1. The van der Waals surface area contributed by atoms with Crippen LogP contribution in [0.15, 0.2) is 66.4 Å². The molecule has 2 aromatic heterocycles. The van der Waals surface area contributed by atoms with Crippen LogP contribution < -0.4 is 4.90 Å². The molecule has 2 heterocycles. The van der Waals surface area contributed by atoms with Crippen molar-refractivity contribution in [3.05, 3.63) is 77.8 Å². The quantitative estimate of drug-likeness (QED) is 0.562. The van der Waals surface area contributed by atoms with Gasteiger partial charge in [0.25, 0.3) is 5.91 Å². The SMILES string of the molecule is Cn1ccnc1CN(C(=O)c1ccc2ncsc2c1)c1ccccc1. The predicted octanol–water partition coefficient (Wildman–Crippen LogP) is 3.88. The Hall–Kier alpha value is -2.99. The molecule has 1 amide bonds. The summed E-state index contributed by atoms with van der Waals surface area (Å²) >= 11 is 1.54. The van der Waals surface area contributed by atoms with Crippen LogP contribution >= 0.6 is 11.3 Å². The van der Waals surface area contributed by atoms with E-state index in [-0.39, 0.29) is 5.91 Å². The van der Waals surface area contributed by atoms with Crippen molar-refractivity contribution in [3.63, 3.8) is 0 Å². The van der Waals surface area contributed by atoms with Crippen molar-refractivity contribution in [2.24, 2.45) is 7.05 Å². The van der Waals surface area contributed by atoms with E-state index in [0.717, 1.165) is 21.7 Å². The molecule has 2 aromatic carbocycles. The number of anilines is 1. The molecule has 0 radical (unpaired) electrons. The van der Waals surface area contributed by atoms with E-state index in [4.69, 9.17) is 0 Å². The van der Waals surface area contributed by atoms with Gasteiger partial charge in [0.15, 0.2) is 0 Å². The Kier molecular flexibility index (Phi) is 4.03. The van der Waals surface area contributed by atoms with E-state index in [1.807, 2.05) is 66.3 Å². The van der Waals surface area contributed by atoms with Gasteiger partial charge in [0.1, 0.15) is 5.82 Å². The van der Waals surface area contributed by atoms with Gasteiger partial charge in [0.2, 0.25) is 0 Å². The van der Waals surface area contributed by atoms with Gasteiger partial charge in [-0.2, -0.15) is 0 Å². The summed E-state index contributed by atoms with van der Waals surface area (Å²) in [6.07, 6.45) is 3.62. The Morgan fingerprint density at radius 2 is 2.00 bits per heavy atom. The van der Waals surface area contributed by atoms with E-state index in [1.165, 1.54) is 11.3 Å². The molecule has 6 heteroatoms. The molecule has 0 spiro atoms. The zero-order valence-corrected chi connectivity index (χ0v) is 14.5. The molecule has 4 aromatic rings. The molecule has 0 aliphatic carbocycles. The highest BCUT2D eigenvalue weighted by Gasteiger charge is 2.20. The second kappa shape index (κ2) is 6.49. The summed E-state index contributed by atoms with van der Waals surface area (Å²) in [5.41, 5.74) is 4.20.